The first-order chi connectivity index (χ1) is 11.2. The second-order valence-corrected chi connectivity index (χ2v) is 7.00. The average molecular weight is 311 g/mol. The molecule has 0 aromatic carbocycles. The van der Waals surface area contributed by atoms with Crippen LogP contribution in [0, 0.1) is 18.8 Å². The summed E-state index contributed by atoms with van der Waals surface area (Å²) in [7, 11) is 0. The van der Waals surface area contributed by atoms with Crippen molar-refractivity contribution in [2.24, 2.45) is 11.8 Å². The number of aromatic nitrogens is 1. The normalized spacial score (nSPS) is 32.8. The fourth-order valence-electron chi connectivity index (χ4n) is 4.22. The Balaban J connectivity index is 1.83. The molecule has 1 aromatic heterocycles. The molecule has 1 aliphatic carbocycles. The Bertz CT molecular complexity index is 604. The zero-order valence-electron chi connectivity index (χ0n) is 14.8. The van der Waals surface area contributed by atoms with Gasteiger partial charge in [0, 0.05) is 17.8 Å². The van der Waals surface area contributed by atoms with Crippen LogP contribution < -0.4 is 0 Å². The van der Waals surface area contributed by atoms with Gasteiger partial charge in [-0.2, -0.15) is 0 Å². The summed E-state index contributed by atoms with van der Waals surface area (Å²) in [5.74, 6) is 1.57. The van der Waals surface area contributed by atoms with E-state index in [0.29, 0.717) is 17.8 Å². The number of fused-ring (bicyclic) bond motifs is 1. The number of allylic oxidation sites excluding steroid dienone is 1. The maximum absolute atomic E-state index is 6.55. The summed E-state index contributed by atoms with van der Waals surface area (Å²) in [6.07, 6.45) is 15.2. The van der Waals surface area contributed by atoms with Gasteiger partial charge in [0.25, 0.3) is 0 Å². The molecular weight excluding hydrogens is 282 g/mol. The van der Waals surface area contributed by atoms with Gasteiger partial charge in [-0.3, -0.25) is 4.98 Å². The van der Waals surface area contributed by atoms with Crippen LogP contribution in [0.25, 0.3) is 6.08 Å². The summed E-state index contributed by atoms with van der Waals surface area (Å²) >= 11 is 0. The minimum atomic E-state index is 0.261. The van der Waals surface area contributed by atoms with Crippen LogP contribution in [0.3, 0.4) is 0 Å². The third-order valence-corrected chi connectivity index (χ3v) is 5.59. The van der Waals surface area contributed by atoms with Crippen LogP contribution in [0.5, 0.6) is 0 Å². The second kappa shape index (κ2) is 7.00. The molecule has 2 aliphatic rings. The zero-order chi connectivity index (χ0) is 16.4. The molecule has 0 radical (unpaired) electrons. The predicted octanol–water partition coefficient (Wildman–Crippen LogP) is 5.29. The number of ether oxygens (including phenoxy) is 1. The van der Waals surface area contributed by atoms with Crippen molar-refractivity contribution >= 4 is 6.08 Å². The molecule has 0 N–H and O–H groups in total. The van der Waals surface area contributed by atoms with Crippen molar-refractivity contribution < 1.29 is 4.74 Å². The Morgan fingerprint density at radius 1 is 1.30 bits per heavy atom. The van der Waals surface area contributed by atoms with E-state index in [0.717, 1.165) is 12.1 Å². The molecule has 124 valence electrons. The number of hydrogen-bond acceptors (Lipinski definition) is 2. The number of nitrogens with zero attached hydrogens (tertiary/aromatic N) is 1. The first kappa shape index (κ1) is 16.4. The Morgan fingerprint density at radius 3 is 2.87 bits per heavy atom. The minimum Gasteiger partial charge on any atom is -0.369 e. The van der Waals surface area contributed by atoms with Crippen LogP contribution in [-0.2, 0) is 4.74 Å². The number of unbranched alkanes of at least 4 members (excludes halogenated alkanes) is 1. The van der Waals surface area contributed by atoms with Gasteiger partial charge in [-0.1, -0.05) is 57.9 Å². The van der Waals surface area contributed by atoms with E-state index >= 15 is 0 Å². The first-order valence-corrected chi connectivity index (χ1v) is 9.13. The molecule has 23 heavy (non-hydrogen) atoms. The summed E-state index contributed by atoms with van der Waals surface area (Å²) in [6.45, 7) is 8.97. The average Bonchev–Trinajstić information content (AvgIpc) is 3.10. The van der Waals surface area contributed by atoms with Gasteiger partial charge < -0.3 is 4.74 Å². The molecule has 2 unspecified atom stereocenters. The molecule has 1 aliphatic heterocycles. The number of pyridine rings is 1. The predicted molar refractivity (Wildman–Crippen MR) is 96.4 cm³/mol. The summed E-state index contributed by atoms with van der Waals surface area (Å²) < 4.78 is 6.55. The van der Waals surface area contributed by atoms with E-state index in [1.54, 1.807) is 0 Å². The van der Waals surface area contributed by atoms with Crippen LogP contribution in [-0.4, -0.2) is 17.2 Å². The summed E-state index contributed by atoms with van der Waals surface area (Å²) in [6, 6.07) is 2.17. The largest absolute Gasteiger partial charge is 0.369 e. The summed E-state index contributed by atoms with van der Waals surface area (Å²) in [5.41, 5.74) is 3.82. The van der Waals surface area contributed by atoms with E-state index in [9.17, 15) is 0 Å². The maximum atomic E-state index is 6.55. The van der Waals surface area contributed by atoms with Crippen LogP contribution in [0.4, 0.5) is 0 Å². The van der Waals surface area contributed by atoms with Crippen LogP contribution >= 0.6 is 0 Å². The fraction of sp³-hybridized carbons (Fsp3) is 0.571. The smallest absolute Gasteiger partial charge is 0.0789 e. The topological polar surface area (TPSA) is 22.1 Å². The van der Waals surface area contributed by atoms with Gasteiger partial charge in [-0.15, -0.1) is 0 Å². The molecule has 0 amide bonds. The van der Waals surface area contributed by atoms with Gasteiger partial charge in [0.15, 0.2) is 0 Å². The molecule has 2 heteroatoms. The number of hydrogen-bond donors (Lipinski definition) is 0. The van der Waals surface area contributed by atoms with Crippen LogP contribution in [0.1, 0.15) is 62.8 Å². The van der Waals surface area contributed by atoms with Gasteiger partial charge in [0.1, 0.15) is 0 Å². The molecule has 2 heterocycles. The lowest BCUT2D eigenvalue weighted by Crippen LogP contribution is -2.24. The molecular formula is C21H29NO. The van der Waals surface area contributed by atoms with Crippen molar-refractivity contribution in [2.75, 3.05) is 0 Å². The Morgan fingerprint density at radius 2 is 2.13 bits per heavy atom. The van der Waals surface area contributed by atoms with Crippen molar-refractivity contribution in [3.63, 3.8) is 0 Å². The van der Waals surface area contributed by atoms with E-state index in [2.05, 4.69) is 63.0 Å². The van der Waals surface area contributed by atoms with Crippen LogP contribution in [0.2, 0.25) is 0 Å². The molecule has 1 aromatic rings. The van der Waals surface area contributed by atoms with E-state index in [-0.39, 0.29) is 12.2 Å². The van der Waals surface area contributed by atoms with Crippen molar-refractivity contribution in [1.29, 1.82) is 0 Å². The molecule has 1 fully saturated rings. The van der Waals surface area contributed by atoms with Gasteiger partial charge in [0.05, 0.1) is 12.2 Å². The highest BCUT2D eigenvalue weighted by atomic mass is 16.5. The third-order valence-electron chi connectivity index (χ3n) is 5.59. The third kappa shape index (κ3) is 3.01. The summed E-state index contributed by atoms with van der Waals surface area (Å²) in [5, 5.41) is 0. The lowest BCUT2D eigenvalue weighted by Gasteiger charge is -2.25. The zero-order valence-corrected chi connectivity index (χ0v) is 14.8. The molecule has 0 bridgehead atoms. The van der Waals surface area contributed by atoms with Crippen molar-refractivity contribution in [3.05, 3.63) is 47.3 Å². The van der Waals surface area contributed by atoms with Crippen molar-refractivity contribution in [2.45, 2.75) is 65.1 Å². The van der Waals surface area contributed by atoms with E-state index < -0.39 is 0 Å². The minimum absolute atomic E-state index is 0.261. The van der Waals surface area contributed by atoms with Gasteiger partial charge in [-0.05, 0) is 42.4 Å². The fourth-order valence-corrected chi connectivity index (χ4v) is 4.22. The SMILES string of the molecule is CCC/C=C\[C@H]1O[C@@H](C2C=Cc3c2ccnc3C)C(CC)[C@H]1C. The lowest BCUT2D eigenvalue weighted by atomic mass is 9.80. The van der Waals surface area contributed by atoms with Gasteiger partial charge in [-0.25, -0.2) is 0 Å². The van der Waals surface area contributed by atoms with Crippen LogP contribution in [0.15, 0.2) is 30.5 Å². The molecule has 5 atom stereocenters. The molecule has 0 saturated carbocycles. The van der Waals surface area contributed by atoms with Gasteiger partial charge >= 0.3 is 0 Å². The van der Waals surface area contributed by atoms with Crippen molar-refractivity contribution in [1.82, 2.24) is 4.98 Å². The highest BCUT2D eigenvalue weighted by molar-refractivity contribution is 5.64. The maximum Gasteiger partial charge on any atom is 0.0789 e. The molecule has 3 rings (SSSR count). The second-order valence-electron chi connectivity index (χ2n) is 7.00. The number of rotatable bonds is 5. The molecule has 2 nitrogen and oxygen atoms in total. The van der Waals surface area contributed by atoms with Gasteiger partial charge in [0.2, 0.25) is 0 Å². The monoisotopic (exact) mass is 311 g/mol. The quantitative estimate of drug-likeness (QED) is 0.690. The molecule has 1 saturated heterocycles. The first-order valence-electron chi connectivity index (χ1n) is 9.13. The van der Waals surface area contributed by atoms with E-state index in [1.165, 1.54) is 24.0 Å². The number of aryl methyl sites for hydroxylation is 1. The molecule has 0 spiro atoms. The highest BCUT2D eigenvalue weighted by Gasteiger charge is 2.44. The highest BCUT2D eigenvalue weighted by Crippen LogP contribution is 2.45. The Hall–Kier alpha value is -1.41. The van der Waals surface area contributed by atoms with Crippen molar-refractivity contribution in [3.8, 4) is 0 Å². The standard InChI is InChI=1S/C21H29NO/c1-5-7-8-9-20-14(3)16(6-2)21(23-20)19-11-10-17-15(4)22-13-12-18(17)19/h8-14,16,19-21H,5-7H2,1-4H3/b9-8-/t14-,16?,19?,20-,21-/m1/s1. The lowest BCUT2D eigenvalue weighted by molar-refractivity contribution is 0.0451. The van der Waals surface area contributed by atoms with E-state index in [1.807, 2.05) is 6.20 Å². The Kier molecular flexibility index (Phi) is 5.01. The Labute approximate surface area is 140 Å². The summed E-state index contributed by atoms with van der Waals surface area (Å²) in [4.78, 5) is 4.43. The van der Waals surface area contributed by atoms with E-state index in [4.69, 9.17) is 4.74 Å².